The van der Waals surface area contributed by atoms with E-state index >= 15 is 0 Å². The van der Waals surface area contributed by atoms with Crippen LogP contribution in [-0.4, -0.2) is 9.55 Å². The molecule has 4 nitrogen and oxygen atoms in total. The Hall–Kier alpha value is -1.43. The van der Waals surface area contributed by atoms with Crippen LogP contribution in [0.25, 0.3) is 0 Å². The number of hydrazine groups is 1. The van der Waals surface area contributed by atoms with Crippen LogP contribution in [-0.2, 0) is 7.05 Å². The Bertz CT molecular complexity index is 506. The Balaban J connectivity index is 2.53. The molecule has 0 bridgehead atoms. The van der Waals surface area contributed by atoms with Crippen molar-refractivity contribution in [3.8, 4) is 0 Å². The second-order valence-corrected chi connectivity index (χ2v) is 4.04. The van der Waals surface area contributed by atoms with Crippen molar-refractivity contribution in [1.82, 2.24) is 15.0 Å². The lowest BCUT2D eigenvalue weighted by Crippen LogP contribution is -2.31. The lowest BCUT2D eigenvalue weighted by Gasteiger charge is -2.18. The average molecular weight is 255 g/mol. The lowest BCUT2D eigenvalue weighted by molar-refractivity contribution is 0.533. The first kappa shape index (κ1) is 12.0. The van der Waals surface area contributed by atoms with Gasteiger partial charge in [0.05, 0.1) is 0 Å². The fourth-order valence-electron chi connectivity index (χ4n) is 1.73. The summed E-state index contributed by atoms with van der Waals surface area (Å²) < 4.78 is 15.6. The topological polar surface area (TPSA) is 55.9 Å². The molecule has 0 saturated carbocycles. The van der Waals surface area contributed by atoms with E-state index < -0.39 is 11.9 Å². The number of aromatic nitrogens is 2. The number of halogens is 2. The van der Waals surface area contributed by atoms with Gasteiger partial charge in [0.1, 0.15) is 17.7 Å². The minimum Gasteiger partial charge on any atom is -0.336 e. The van der Waals surface area contributed by atoms with E-state index in [2.05, 4.69) is 10.4 Å². The summed E-state index contributed by atoms with van der Waals surface area (Å²) in [4.78, 5) is 4.14. The molecule has 1 aromatic heterocycles. The van der Waals surface area contributed by atoms with Gasteiger partial charge in [-0.05, 0) is 12.1 Å². The first-order chi connectivity index (χ1) is 8.15. The average Bonchev–Trinajstić information content (AvgIpc) is 2.70. The number of imidazole rings is 1. The van der Waals surface area contributed by atoms with Crippen molar-refractivity contribution < 1.29 is 4.39 Å². The van der Waals surface area contributed by atoms with Gasteiger partial charge in [-0.3, -0.25) is 5.84 Å². The maximum absolute atomic E-state index is 13.8. The second-order valence-electron chi connectivity index (χ2n) is 3.63. The molecule has 17 heavy (non-hydrogen) atoms. The fraction of sp³-hybridized carbons (Fsp3) is 0.182. The highest BCUT2D eigenvalue weighted by atomic mass is 35.5. The second kappa shape index (κ2) is 4.83. The summed E-state index contributed by atoms with van der Waals surface area (Å²) in [5.74, 6) is 5.66. The Kier molecular flexibility index (Phi) is 3.42. The SMILES string of the molecule is Cn1ccnc1C(NN)c1c(F)cccc1Cl. The molecule has 1 unspecified atom stereocenters. The van der Waals surface area contributed by atoms with Crippen LogP contribution in [0, 0.1) is 5.82 Å². The molecule has 3 N–H and O–H groups in total. The molecule has 0 aliphatic carbocycles. The summed E-state index contributed by atoms with van der Waals surface area (Å²) in [6.45, 7) is 0. The highest BCUT2D eigenvalue weighted by Gasteiger charge is 2.22. The van der Waals surface area contributed by atoms with Gasteiger partial charge >= 0.3 is 0 Å². The summed E-state index contributed by atoms with van der Waals surface area (Å²) in [6, 6.07) is 3.93. The van der Waals surface area contributed by atoms with Crippen LogP contribution in [0.3, 0.4) is 0 Å². The van der Waals surface area contributed by atoms with Crippen LogP contribution >= 0.6 is 11.6 Å². The van der Waals surface area contributed by atoms with Crippen molar-refractivity contribution in [3.05, 3.63) is 52.8 Å². The van der Waals surface area contributed by atoms with Crippen LogP contribution in [0.4, 0.5) is 4.39 Å². The van der Waals surface area contributed by atoms with Crippen molar-refractivity contribution in [2.45, 2.75) is 6.04 Å². The first-order valence-electron chi connectivity index (χ1n) is 5.02. The number of hydrogen-bond acceptors (Lipinski definition) is 3. The predicted molar refractivity (Wildman–Crippen MR) is 63.8 cm³/mol. The van der Waals surface area contributed by atoms with Crippen molar-refractivity contribution in [2.24, 2.45) is 12.9 Å². The van der Waals surface area contributed by atoms with Crippen LogP contribution in [0.15, 0.2) is 30.6 Å². The molecule has 1 heterocycles. The van der Waals surface area contributed by atoms with E-state index in [1.807, 2.05) is 0 Å². The van der Waals surface area contributed by atoms with Crippen LogP contribution < -0.4 is 11.3 Å². The van der Waals surface area contributed by atoms with Gasteiger partial charge in [-0.2, -0.15) is 0 Å². The quantitative estimate of drug-likeness (QED) is 0.648. The van der Waals surface area contributed by atoms with E-state index in [9.17, 15) is 4.39 Å². The van der Waals surface area contributed by atoms with Gasteiger partial charge in [-0.1, -0.05) is 17.7 Å². The molecule has 0 spiro atoms. The first-order valence-corrected chi connectivity index (χ1v) is 5.40. The number of rotatable bonds is 3. The number of aryl methyl sites for hydroxylation is 1. The molecule has 2 rings (SSSR count). The standard InChI is InChI=1S/C11H12ClFN4/c1-17-6-5-15-11(17)10(16-14)9-7(12)3-2-4-8(9)13/h2-6,10,16H,14H2,1H3. The minimum absolute atomic E-state index is 0.297. The lowest BCUT2D eigenvalue weighted by atomic mass is 10.1. The van der Waals surface area contributed by atoms with Gasteiger partial charge in [-0.15, -0.1) is 0 Å². The molecule has 1 atom stereocenters. The Morgan fingerprint density at radius 1 is 1.53 bits per heavy atom. The van der Waals surface area contributed by atoms with Gasteiger partial charge in [0.25, 0.3) is 0 Å². The molecule has 0 fully saturated rings. The summed E-state index contributed by atoms with van der Waals surface area (Å²) in [6.07, 6.45) is 3.38. The van der Waals surface area contributed by atoms with E-state index in [0.717, 1.165) is 0 Å². The third kappa shape index (κ3) is 2.17. The maximum atomic E-state index is 13.8. The Labute approximate surface area is 103 Å². The summed E-state index contributed by atoms with van der Waals surface area (Å²) in [5, 5.41) is 0.316. The number of nitrogens with zero attached hydrogens (tertiary/aromatic N) is 2. The van der Waals surface area contributed by atoms with Crippen LogP contribution in [0.5, 0.6) is 0 Å². The third-order valence-corrected chi connectivity index (χ3v) is 2.90. The number of benzene rings is 1. The Morgan fingerprint density at radius 3 is 2.82 bits per heavy atom. The van der Waals surface area contributed by atoms with E-state index in [4.69, 9.17) is 17.4 Å². The van der Waals surface area contributed by atoms with Crippen molar-refractivity contribution in [3.63, 3.8) is 0 Å². The highest BCUT2D eigenvalue weighted by Crippen LogP contribution is 2.28. The number of nitrogens with one attached hydrogen (secondary N) is 1. The van der Waals surface area contributed by atoms with Crippen molar-refractivity contribution >= 4 is 11.6 Å². The van der Waals surface area contributed by atoms with Crippen molar-refractivity contribution in [1.29, 1.82) is 0 Å². The van der Waals surface area contributed by atoms with E-state index in [-0.39, 0.29) is 0 Å². The monoisotopic (exact) mass is 254 g/mol. The molecule has 0 saturated heterocycles. The largest absolute Gasteiger partial charge is 0.336 e. The predicted octanol–water partition coefficient (Wildman–Crippen LogP) is 1.77. The molecular weight excluding hydrogens is 243 g/mol. The molecule has 90 valence electrons. The molecule has 1 aromatic carbocycles. The van der Waals surface area contributed by atoms with Gasteiger partial charge < -0.3 is 4.57 Å². The van der Waals surface area contributed by atoms with Gasteiger partial charge in [-0.25, -0.2) is 14.8 Å². The summed E-state index contributed by atoms with van der Waals surface area (Å²) in [5.41, 5.74) is 2.83. The van der Waals surface area contributed by atoms with Crippen LogP contribution in [0.1, 0.15) is 17.4 Å². The van der Waals surface area contributed by atoms with E-state index in [1.165, 1.54) is 6.07 Å². The molecule has 0 amide bonds. The Morgan fingerprint density at radius 2 is 2.29 bits per heavy atom. The molecule has 0 radical (unpaired) electrons. The van der Waals surface area contributed by atoms with Gasteiger partial charge in [0.15, 0.2) is 0 Å². The van der Waals surface area contributed by atoms with E-state index in [0.29, 0.717) is 16.4 Å². The number of hydrogen-bond donors (Lipinski definition) is 2. The third-order valence-electron chi connectivity index (χ3n) is 2.57. The normalized spacial score (nSPS) is 12.7. The zero-order chi connectivity index (χ0) is 12.4. The van der Waals surface area contributed by atoms with Crippen LogP contribution in [0.2, 0.25) is 5.02 Å². The number of nitrogens with two attached hydrogens (primary N) is 1. The fourth-order valence-corrected chi connectivity index (χ4v) is 2.00. The summed E-state index contributed by atoms with van der Waals surface area (Å²) >= 11 is 6.00. The minimum atomic E-state index is -0.580. The smallest absolute Gasteiger partial charge is 0.131 e. The molecule has 0 aliphatic rings. The molecular formula is C11H12ClFN4. The zero-order valence-corrected chi connectivity index (χ0v) is 9.95. The zero-order valence-electron chi connectivity index (χ0n) is 9.19. The summed E-state index contributed by atoms with van der Waals surface area (Å²) in [7, 11) is 1.81. The molecule has 0 aliphatic heterocycles. The van der Waals surface area contributed by atoms with Gasteiger partial charge in [0, 0.05) is 30.0 Å². The van der Waals surface area contributed by atoms with Gasteiger partial charge in [0.2, 0.25) is 0 Å². The molecule has 6 heteroatoms. The highest BCUT2D eigenvalue weighted by molar-refractivity contribution is 6.31. The van der Waals surface area contributed by atoms with E-state index in [1.54, 1.807) is 36.1 Å². The van der Waals surface area contributed by atoms with Crippen molar-refractivity contribution in [2.75, 3.05) is 0 Å². The maximum Gasteiger partial charge on any atom is 0.131 e. The molecule has 2 aromatic rings.